The average Bonchev–Trinajstić information content (AvgIpc) is 2.99. The normalized spacial score (nSPS) is 13.2. The second-order valence-corrected chi connectivity index (χ2v) is 6.41. The van der Waals surface area contributed by atoms with Crippen LogP contribution in [-0.2, 0) is 16.6 Å². The molecule has 0 aliphatic heterocycles. The number of sulfonamides is 1. The van der Waals surface area contributed by atoms with Crippen LogP contribution in [0.1, 0.15) is 18.5 Å². The number of aromatic nitrogens is 3. The predicted molar refractivity (Wildman–Crippen MR) is 79.1 cm³/mol. The number of nitrogens with zero attached hydrogens (tertiary/aromatic N) is 3. The van der Waals surface area contributed by atoms with Gasteiger partial charge in [0.25, 0.3) is 0 Å². The molecule has 2 N–H and O–H groups in total. The highest BCUT2D eigenvalue weighted by atomic mass is 32.2. The molecular weight excluding hydrogens is 290 g/mol. The fourth-order valence-electron chi connectivity index (χ4n) is 1.85. The SMILES string of the molecule is CNC(C)c1cccc(S(=O)(=O)NCCn2ccnn2)c1. The highest BCUT2D eigenvalue weighted by Gasteiger charge is 2.15. The molecule has 0 aliphatic carbocycles. The molecular formula is C13H19N5O2S. The van der Waals surface area contributed by atoms with Gasteiger partial charge in [-0.15, -0.1) is 5.10 Å². The summed E-state index contributed by atoms with van der Waals surface area (Å²) in [7, 11) is -1.68. The van der Waals surface area contributed by atoms with Crippen molar-refractivity contribution in [3.63, 3.8) is 0 Å². The van der Waals surface area contributed by atoms with Gasteiger partial charge in [0.05, 0.1) is 17.6 Å². The first-order chi connectivity index (χ1) is 10.0. The maximum absolute atomic E-state index is 12.2. The highest BCUT2D eigenvalue weighted by Crippen LogP contribution is 2.16. The van der Waals surface area contributed by atoms with Gasteiger partial charge < -0.3 is 5.32 Å². The van der Waals surface area contributed by atoms with Crippen LogP contribution in [0, 0.1) is 0 Å². The lowest BCUT2D eigenvalue weighted by atomic mass is 10.1. The van der Waals surface area contributed by atoms with Crippen LogP contribution >= 0.6 is 0 Å². The lowest BCUT2D eigenvalue weighted by molar-refractivity contribution is 0.552. The topological polar surface area (TPSA) is 88.9 Å². The van der Waals surface area contributed by atoms with Crippen LogP contribution in [0.15, 0.2) is 41.6 Å². The molecule has 0 fully saturated rings. The average molecular weight is 309 g/mol. The van der Waals surface area contributed by atoms with Crippen molar-refractivity contribution in [1.82, 2.24) is 25.0 Å². The van der Waals surface area contributed by atoms with Gasteiger partial charge >= 0.3 is 0 Å². The quantitative estimate of drug-likeness (QED) is 0.779. The van der Waals surface area contributed by atoms with Crippen molar-refractivity contribution in [3.05, 3.63) is 42.2 Å². The Morgan fingerprint density at radius 2 is 2.19 bits per heavy atom. The molecule has 0 saturated carbocycles. The third-order valence-corrected chi connectivity index (χ3v) is 4.67. The Hall–Kier alpha value is -1.77. The minimum Gasteiger partial charge on any atom is -0.313 e. The van der Waals surface area contributed by atoms with Crippen molar-refractivity contribution >= 4 is 10.0 Å². The van der Waals surface area contributed by atoms with E-state index in [0.29, 0.717) is 6.54 Å². The van der Waals surface area contributed by atoms with E-state index in [1.165, 1.54) is 0 Å². The van der Waals surface area contributed by atoms with Gasteiger partial charge in [0.15, 0.2) is 0 Å². The Morgan fingerprint density at radius 1 is 1.38 bits per heavy atom. The maximum Gasteiger partial charge on any atom is 0.240 e. The predicted octanol–water partition coefficient (Wildman–Crippen LogP) is 0.537. The van der Waals surface area contributed by atoms with E-state index < -0.39 is 10.0 Å². The standard InChI is InChI=1S/C13H19N5O2S/c1-11(14-2)12-4-3-5-13(10-12)21(19,20)16-7-9-18-8-6-15-17-18/h3-6,8,10-11,14,16H,7,9H2,1-2H3. The fourth-order valence-corrected chi connectivity index (χ4v) is 2.92. The summed E-state index contributed by atoms with van der Waals surface area (Å²) in [6.45, 7) is 2.67. The van der Waals surface area contributed by atoms with Gasteiger partial charge in [-0.1, -0.05) is 17.3 Å². The number of hydrogen-bond acceptors (Lipinski definition) is 5. The lowest BCUT2D eigenvalue weighted by Crippen LogP contribution is -2.27. The molecule has 0 amide bonds. The van der Waals surface area contributed by atoms with Crippen LogP contribution < -0.4 is 10.0 Å². The molecule has 1 heterocycles. The van der Waals surface area contributed by atoms with Crippen molar-refractivity contribution in [2.75, 3.05) is 13.6 Å². The zero-order valence-electron chi connectivity index (χ0n) is 12.0. The monoisotopic (exact) mass is 309 g/mol. The first-order valence-electron chi connectivity index (χ1n) is 6.64. The Balaban J connectivity index is 2.05. The lowest BCUT2D eigenvalue weighted by Gasteiger charge is -2.12. The minimum absolute atomic E-state index is 0.0929. The van der Waals surface area contributed by atoms with Gasteiger partial charge in [-0.3, -0.25) is 4.68 Å². The van der Waals surface area contributed by atoms with E-state index in [1.54, 1.807) is 35.3 Å². The van der Waals surface area contributed by atoms with E-state index in [-0.39, 0.29) is 17.5 Å². The molecule has 1 aromatic carbocycles. The van der Waals surface area contributed by atoms with Gasteiger partial charge in [0.2, 0.25) is 10.0 Å². The molecule has 21 heavy (non-hydrogen) atoms. The van der Waals surface area contributed by atoms with E-state index in [9.17, 15) is 8.42 Å². The van der Waals surface area contributed by atoms with E-state index in [2.05, 4.69) is 20.4 Å². The second-order valence-electron chi connectivity index (χ2n) is 4.65. The first-order valence-corrected chi connectivity index (χ1v) is 8.12. The van der Waals surface area contributed by atoms with E-state index >= 15 is 0 Å². The van der Waals surface area contributed by atoms with Crippen LogP contribution in [0.25, 0.3) is 0 Å². The van der Waals surface area contributed by atoms with Gasteiger partial charge in [-0.2, -0.15) is 0 Å². The molecule has 7 nitrogen and oxygen atoms in total. The summed E-state index contributed by atoms with van der Waals surface area (Å²) in [5.41, 5.74) is 0.927. The molecule has 2 rings (SSSR count). The largest absolute Gasteiger partial charge is 0.313 e. The zero-order chi connectivity index (χ0) is 15.3. The summed E-state index contributed by atoms with van der Waals surface area (Å²) in [5, 5.41) is 10.5. The van der Waals surface area contributed by atoms with E-state index in [4.69, 9.17) is 0 Å². The summed E-state index contributed by atoms with van der Waals surface area (Å²) in [4.78, 5) is 0.265. The van der Waals surface area contributed by atoms with Crippen LogP contribution in [0.4, 0.5) is 0 Å². The van der Waals surface area contributed by atoms with Crippen molar-refractivity contribution in [2.24, 2.45) is 0 Å². The van der Waals surface area contributed by atoms with Crippen molar-refractivity contribution in [3.8, 4) is 0 Å². The number of hydrogen-bond donors (Lipinski definition) is 2. The first kappa shape index (κ1) is 15.6. The summed E-state index contributed by atoms with van der Waals surface area (Å²) < 4.78 is 28.6. The molecule has 114 valence electrons. The summed E-state index contributed by atoms with van der Waals surface area (Å²) in [5.74, 6) is 0. The Kier molecular flexibility index (Phi) is 5.05. The highest BCUT2D eigenvalue weighted by molar-refractivity contribution is 7.89. The Bertz CT molecular complexity index is 670. The van der Waals surface area contributed by atoms with Crippen molar-refractivity contribution < 1.29 is 8.42 Å². The third kappa shape index (κ3) is 4.10. The number of rotatable bonds is 7. The molecule has 0 bridgehead atoms. The molecule has 8 heteroatoms. The van der Waals surface area contributed by atoms with Crippen LogP contribution in [0.2, 0.25) is 0 Å². The molecule has 0 radical (unpaired) electrons. The third-order valence-electron chi connectivity index (χ3n) is 3.21. The van der Waals surface area contributed by atoms with Gasteiger partial charge in [-0.25, -0.2) is 13.1 Å². The molecule has 2 aromatic rings. The number of benzene rings is 1. The summed E-state index contributed by atoms with van der Waals surface area (Å²) in [6, 6.07) is 7.00. The molecule has 1 atom stereocenters. The van der Waals surface area contributed by atoms with E-state index in [1.807, 2.05) is 20.0 Å². The second kappa shape index (κ2) is 6.79. The smallest absolute Gasteiger partial charge is 0.240 e. The molecule has 0 spiro atoms. The van der Waals surface area contributed by atoms with E-state index in [0.717, 1.165) is 5.56 Å². The molecule has 0 saturated heterocycles. The van der Waals surface area contributed by atoms with Crippen LogP contribution in [0.3, 0.4) is 0 Å². The van der Waals surface area contributed by atoms with Gasteiger partial charge in [0, 0.05) is 18.8 Å². The fraction of sp³-hybridized carbons (Fsp3) is 0.385. The summed E-state index contributed by atoms with van der Waals surface area (Å²) in [6.07, 6.45) is 3.24. The molecule has 1 aromatic heterocycles. The summed E-state index contributed by atoms with van der Waals surface area (Å²) >= 11 is 0. The number of nitrogens with one attached hydrogen (secondary N) is 2. The minimum atomic E-state index is -3.52. The van der Waals surface area contributed by atoms with Gasteiger partial charge in [-0.05, 0) is 31.7 Å². The van der Waals surface area contributed by atoms with Gasteiger partial charge in [0.1, 0.15) is 0 Å². The van der Waals surface area contributed by atoms with Crippen LogP contribution in [-0.4, -0.2) is 37.0 Å². The molecule has 0 aliphatic rings. The van der Waals surface area contributed by atoms with Crippen molar-refractivity contribution in [1.29, 1.82) is 0 Å². The van der Waals surface area contributed by atoms with Crippen molar-refractivity contribution in [2.45, 2.75) is 24.4 Å². The van der Waals surface area contributed by atoms with Crippen LogP contribution in [0.5, 0.6) is 0 Å². The molecule has 1 unspecified atom stereocenters. The Labute approximate surface area is 124 Å². The Morgan fingerprint density at radius 3 is 2.86 bits per heavy atom. The maximum atomic E-state index is 12.2. The zero-order valence-corrected chi connectivity index (χ0v) is 12.8.